The van der Waals surface area contributed by atoms with Gasteiger partial charge in [0.15, 0.2) is 0 Å². The summed E-state index contributed by atoms with van der Waals surface area (Å²) in [7, 11) is 0. The van der Waals surface area contributed by atoms with E-state index in [1.54, 1.807) is 18.2 Å². The lowest BCUT2D eigenvalue weighted by Gasteiger charge is -2.14. The van der Waals surface area contributed by atoms with E-state index in [1.165, 1.54) is 23.8 Å². The molecule has 1 amide bonds. The summed E-state index contributed by atoms with van der Waals surface area (Å²) in [6.07, 6.45) is 2.96. The zero-order valence-corrected chi connectivity index (χ0v) is 17.7. The highest BCUT2D eigenvalue weighted by Gasteiger charge is 2.30. The van der Waals surface area contributed by atoms with Crippen molar-refractivity contribution in [1.82, 2.24) is 0 Å². The number of rotatable bonds is 3. The summed E-state index contributed by atoms with van der Waals surface area (Å²) in [6, 6.07) is 17.0. The van der Waals surface area contributed by atoms with E-state index >= 15 is 0 Å². The molecule has 6 heteroatoms. The molecule has 0 fully saturated rings. The third-order valence-corrected chi connectivity index (χ3v) is 6.03. The number of halogens is 2. The lowest BCUT2D eigenvalue weighted by molar-refractivity contribution is -0.110. The summed E-state index contributed by atoms with van der Waals surface area (Å²) < 4.78 is 19.0. The Balaban J connectivity index is 1.57. The largest absolute Gasteiger partial charge is 0.506 e. The van der Waals surface area contributed by atoms with Gasteiger partial charge in [-0.3, -0.25) is 4.79 Å². The Morgan fingerprint density at radius 3 is 2.53 bits per heavy atom. The zero-order chi connectivity index (χ0) is 22.2. The van der Waals surface area contributed by atoms with E-state index in [4.69, 9.17) is 16.3 Å². The van der Waals surface area contributed by atoms with Crippen molar-refractivity contribution < 1.29 is 19.0 Å². The number of ether oxygens (including phenoxy) is 1. The monoisotopic (exact) mass is 447 g/mol. The third kappa shape index (κ3) is 3.70. The van der Waals surface area contributed by atoms with Crippen LogP contribution in [0.5, 0.6) is 0 Å². The van der Waals surface area contributed by atoms with Crippen molar-refractivity contribution >= 4 is 40.1 Å². The predicted octanol–water partition coefficient (Wildman–Crippen LogP) is 6.33. The lowest BCUT2D eigenvalue weighted by Crippen LogP contribution is -2.05. The summed E-state index contributed by atoms with van der Waals surface area (Å²) in [6.45, 7) is 1.34. The van der Waals surface area contributed by atoms with Gasteiger partial charge < -0.3 is 15.2 Å². The fourth-order valence-corrected chi connectivity index (χ4v) is 4.35. The Labute approximate surface area is 189 Å². The quantitative estimate of drug-likeness (QED) is 0.364. The number of benzene rings is 3. The van der Waals surface area contributed by atoms with Gasteiger partial charge in [-0.15, -0.1) is 0 Å². The summed E-state index contributed by atoms with van der Waals surface area (Å²) in [5, 5.41) is 14.0. The second-order valence-electron chi connectivity index (χ2n) is 7.70. The first-order chi connectivity index (χ1) is 15.5. The highest BCUT2D eigenvalue weighted by Crippen LogP contribution is 2.42. The molecule has 2 aliphatic heterocycles. The van der Waals surface area contributed by atoms with E-state index in [9.17, 15) is 14.3 Å². The van der Waals surface area contributed by atoms with Gasteiger partial charge in [0.2, 0.25) is 0 Å². The second-order valence-corrected chi connectivity index (χ2v) is 8.10. The van der Waals surface area contributed by atoms with E-state index in [0.717, 1.165) is 29.7 Å². The van der Waals surface area contributed by atoms with Crippen LogP contribution < -0.4 is 5.32 Å². The van der Waals surface area contributed by atoms with Gasteiger partial charge in [0.1, 0.15) is 11.6 Å². The number of amides is 1. The SMILES string of the molecule is O=C1Nc2cc(Cl)c(-c3ccc(C4=CCOCC4)cc3)cc2C1=C(O)c1cccc(F)c1. The molecule has 32 heavy (non-hydrogen) atoms. The fourth-order valence-electron chi connectivity index (χ4n) is 4.08. The molecule has 0 spiro atoms. The van der Waals surface area contributed by atoms with Crippen molar-refractivity contribution in [3.8, 4) is 11.1 Å². The Kier molecular flexibility index (Phi) is 5.29. The second kappa shape index (κ2) is 8.26. The highest BCUT2D eigenvalue weighted by atomic mass is 35.5. The van der Waals surface area contributed by atoms with Gasteiger partial charge in [0.05, 0.1) is 29.5 Å². The topological polar surface area (TPSA) is 58.6 Å². The van der Waals surface area contributed by atoms with Gasteiger partial charge in [-0.25, -0.2) is 4.39 Å². The molecule has 0 radical (unpaired) electrons. The minimum absolute atomic E-state index is 0.0903. The number of carbonyl (C=O) groups is 1. The number of aliphatic hydroxyl groups excluding tert-OH is 1. The van der Waals surface area contributed by atoms with Crippen LogP contribution >= 0.6 is 11.6 Å². The molecular weight excluding hydrogens is 429 g/mol. The van der Waals surface area contributed by atoms with Gasteiger partial charge in [0, 0.05) is 16.7 Å². The Morgan fingerprint density at radius 1 is 1.03 bits per heavy atom. The van der Waals surface area contributed by atoms with Gasteiger partial charge >= 0.3 is 0 Å². The Hall–Kier alpha value is -3.41. The van der Waals surface area contributed by atoms with E-state index in [1.807, 2.05) is 24.3 Å². The number of anilines is 1. The number of hydrogen-bond donors (Lipinski definition) is 2. The van der Waals surface area contributed by atoms with E-state index in [-0.39, 0.29) is 16.9 Å². The summed E-state index contributed by atoms with van der Waals surface area (Å²) in [5.41, 5.74) is 5.36. The summed E-state index contributed by atoms with van der Waals surface area (Å²) in [4.78, 5) is 12.6. The fraction of sp³-hybridized carbons (Fsp3) is 0.115. The van der Waals surface area contributed by atoms with E-state index in [0.29, 0.717) is 22.9 Å². The first-order valence-electron chi connectivity index (χ1n) is 10.2. The molecule has 3 aromatic carbocycles. The molecule has 0 saturated heterocycles. The number of hydrogen-bond acceptors (Lipinski definition) is 3. The highest BCUT2D eigenvalue weighted by molar-refractivity contribution is 6.38. The number of fused-ring (bicyclic) bond motifs is 1. The average Bonchev–Trinajstić information content (AvgIpc) is 3.13. The molecule has 4 nitrogen and oxygen atoms in total. The van der Waals surface area contributed by atoms with Gasteiger partial charge in [-0.2, -0.15) is 0 Å². The van der Waals surface area contributed by atoms with Crippen LogP contribution in [0.4, 0.5) is 10.1 Å². The van der Waals surface area contributed by atoms with Crippen LogP contribution in [0.1, 0.15) is 23.1 Å². The maximum Gasteiger partial charge on any atom is 0.260 e. The number of nitrogens with one attached hydrogen (secondary N) is 1. The van der Waals surface area contributed by atoms with Gasteiger partial charge in [-0.05, 0) is 47.4 Å². The van der Waals surface area contributed by atoms with Crippen LogP contribution in [0, 0.1) is 5.82 Å². The van der Waals surface area contributed by atoms with E-state index < -0.39 is 11.7 Å². The van der Waals surface area contributed by atoms with Crippen LogP contribution in [-0.2, 0) is 9.53 Å². The maximum absolute atomic E-state index is 13.7. The van der Waals surface area contributed by atoms with Crippen LogP contribution in [0.3, 0.4) is 0 Å². The van der Waals surface area contributed by atoms with Crippen molar-refractivity contribution in [3.63, 3.8) is 0 Å². The molecule has 3 aromatic rings. The molecule has 160 valence electrons. The van der Waals surface area contributed by atoms with Crippen molar-refractivity contribution in [2.75, 3.05) is 18.5 Å². The molecule has 0 atom stereocenters. The third-order valence-electron chi connectivity index (χ3n) is 5.72. The normalized spacial score (nSPS) is 16.9. The van der Waals surface area contributed by atoms with Crippen LogP contribution in [0.2, 0.25) is 5.02 Å². The van der Waals surface area contributed by atoms with Crippen molar-refractivity contribution in [2.45, 2.75) is 6.42 Å². The molecule has 2 aliphatic rings. The zero-order valence-electron chi connectivity index (χ0n) is 17.0. The molecule has 2 N–H and O–H groups in total. The summed E-state index contributed by atoms with van der Waals surface area (Å²) >= 11 is 6.54. The molecule has 2 heterocycles. The van der Waals surface area contributed by atoms with Crippen LogP contribution in [-0.4, -0.2) is 24.2 Å². The molecular formula is C26H19ClFNO3. The molecule has 0 aromatic heterocycles. The van der Waals surface area contributed by atoms with Crippen LogP contribution in [0.25, 0.3) is 28.0 Å². The minimum Gasteiger partial charge on any atom is -0.506 e. The van der Waals surface area contributed by atoms with Crippen molar-refractivity contribution in [3.05, 3.63) is 94.3 Å². The first kappa shape index (κ1) is 20.5. The lowest BCUT2D eigenvalue weighted by atomic mass is 9.95. The molecule has 0 aliphatic carbocycles. The Bertz CT molecular complexity index is 1290. The minimum atomic E-state index is -0.496. The van der Waals surface area contributed by atoms with Crippen molar-refractivity contribution in [2.24, 2.45) is 0 Å². The Morgan fingerprint density at radius 2 is 1.81 bits per heavy atom. The van der Waals surface area contributed by atoms with Gasteiger partial charge in [-0.1, -0.05) is 54.1 Å². The average molecular weight is 448 g/mol. The first-order valence-corrected chi connectivity index (χ1v) is 10.6. The molecule has 0 bridgehead atoms. The predicted molar refractivity (Wildman–Crippen MR) is 125 cm³/mol. The molecule has 0 unspecified atom stereocenters. The standard InChI is InChI=1S/C26H19ClFNO3/c27-22-14-23-21(24(26(31)29-23)25(30)18-2-1-3-19(28)12-18)13-20(22)17-6-4-15(5-7-17)16-8-10-32-11-9-16/h1-8,12-14,30H,9-11H2,(H,29,31). The number of aliphatic hydroxyl groups is 1. The van der Waals surface area contributed by atoms with Crippen LogP contribution in [0.15, 0.2) is 66.7 Å². The van der Waals surface area contributed by atoms with Crippen molar-refractivity contribution in [1.29, 1.82) is 0 Å². The van der Waals surface area contributed by atoms with Gasteiger partial charge in [0.25, 0.3) is 5.91 Å². The summed E-state index contributed by atoms with van der Waals surface area (Å²) in [5.74, 6) is -1.24. The smallest absolute Gasteiger partial charge is 0.260 e. The maximum atomic E-state index is 13.7. The molecule has 5 rings (SSSR count). The molecule has 0 saturated carbocycles. The number of carbonyl (C=O) groups excluding carboxylic acids is 1. The van der Waals surface area contributed by atoms with E-state index in [2.05, 4.69) is 11.4 Å².